The van der Waals surface area contributed by atoms with E-state index in [1.54, 1.807) is 43.5 Å². The van der Waals surface area contributed by atoms with Crippen LogP contribution in [0.25, 0.3) is 39.1 Å². The lowest BCUT2D eigenvalue weighted by molar-refractivity contribution is 0.415. The molecule has 0 N–H and O–H groups in total. The van der Waals surface area contributed by atoms with Crippen LogP contribution in [0.4, 0.5) is 0 Å². The van der Waals surface area contributed by atoms with E-state index in [0.717, 1.165) is 5.56 Å². The Morgan fingerprint density at radius 2 is 1.61 bits per heavy atom. The zero-order valence-electron chi connectivity index (χ0n) is 17.0. The first-order valence-corrected chi connectivity index (χ1v) is 9.77. The maximum Gasteiger partial charge on any atom is 0.273 e. The molecular formula is C25H18N2O4. The van der Waals surface area contributed by atoms with Crippen LogP contribution in [0.2, 0.25) is 0 Å². The van der Waals surface area contributed by atoms with Crippen LogP contribution >= 0.6 is 0 Å². The molecule has 0 aliphatic heterocycles. The number of aryl methyl sites for hydroxylation is 1. The van der Waals surface area contributed by atoms with Gasteiger partial charge in [-0.05, 0) is 55.5 Å². The standard InChI is InChI=1S/C25H18N2O4/c1-15-7-11-17(12-8-15)27-23(16-9-13-18(30-2)14-10-16)26-24-21(25(27)29)22(28)19-5-3-4-6-20(19)31-24/h3-14H,1-2H3. The lowest BCUT2D eigenvalue weighted by Crippen LogP contribution is -2.26. The summed E-state index contributed by atoms with van der Waals surface area (Å²) in [6.45, 7) is 1.97. The first-order valence-electron chi connectivity index (χ1n) is 9.77. The van der Waals surface area contributed by atoms with Crippen molar-refractivity contribution in [2.45, 2.75) is 6.92 Å². The molecule has 0 unspecified atom stereocenters. The molecule has 152 valence electrons. The molecule has 3 aromatic carbocycles. The molecule has 6 heteroatoms. The summed E-state index contributed by atoms with van der Waals surface area (Å²) >= 11 is 0. The Bertz CT molecular complexity index is 1550. The Morgan fingerprint density at radius 1 is 0.903 bits per heavy atom. The van der Waals surface area contributed by atoms with Crippen LogP contribution in [0.15, 0.2) is 86.8 Å². The zero-order chi connectivity index (χ0) is 21.5. The summed E-state index contributed by atoms with van der Waals surface area (Å²) in [5, 5.41) is 0.276. The van der Waals surface area contributed by atoms with E-state index in [0.29, 0.717) is 33.8 Å². The highest BCUT2D eigenvalue weighted by Crippen LogP contribution is 2.25. The van der Waals surface area contributed by atoms with Crippen LogP contribution in [0.1, 0.15) is 5.56 Å². The van der Waals surface area contributed by atoms with E-state index in [2.05, 4.69) is 4.98 Å². The van der Waals surface area contributed by atoms with Gasteiger partial charge in [-0.2, -0.15) is 4.98 Å². The number of ether oxygens (including phenoxy) is 1. The number of aromatic nitrogens is 2. The third-order valence-corrected chi connectivity index (χ3v) is 5.26. The normalized spacial score (nSPS) is 11.2. The summed E-state index contributed by atoms with van der Waals surface area (Å²) in [7, 11) is 1.59. The highest BCUT2D eigenvalue weighted by Gasteiger charge is 2.20. The molecule has 5 rings (SSSR count). The first kappa shape index (κ1) is 18.8. The Labute approximate surface area is 177 Å². The fraction of sp³-hybridized carbons (Fsp3) is 0.0800. The van der Waals surface area contributed by atoms with Crippen molar-refractivity contribution in [3.8, 4) is 22.8 Å². The molecule has 0 saturated carbocycles. The van der Waals surface area contributed by atoms with E-state index < -0.39 is 11.0 Å². The summed E-state index contributed by atoms with van der Waals surface area (Å²) in [5.74, 6) is 1.06. The maximum atomic E-state index is 13.6. The molecule has 0 aliphatic rings. The van der Waals surface area contributed by atoms with Crippen molar-refractivity contribution in [3.05, 3.63) is 98.9 Å². The van der Waals surface area contributed by atoms with Gasteiger partial charge in [0, 0.05) is 5.56 Å². The van der Waals surface area contributed by atoms with Crippen molar-refractivity contribution in [2.75, 3.05) is 7.11 Å². The van der Waals surface area contributed by atoms with E-state index in [9.17, 15) is 9.59 Å². The van der Waals surface area contributed by atoms with Crippen molar-refractivity contribution in [1.29, 1.82) is 0 Å². The number of rotatable bonds is 3. The number of hydrogen-bond donors (Lipinski definition) is 0. The lowest BCUT2D eigenvalue weighted by atomic mass is 10.1. The van der Waals surface area contributed by atoms with Gasteiger partial charge in [-0.3, -0.25) is 14.2 Å². The van der Waals surface area contributed by atoms with Crippen LogP contribution in [0.3, 0.4) is 0 Å². The van der Waals surface area contributed by atoms with Crippen molar-refractivity contribution in [3.63, 3.8) is 0 Å². The molecule has 0 bridgehead atoms. The Morgan fingerprint density at radius 3 is 2.32 bits per heavy atom. The quantitative estimate of drug-likeness (QED) is 0.410. The maximum absolute atomic E-state index is 13.6. The zero-order valence-corrected chi connectivity index (χ0v) is 17.0. The average Bonchev–Trinajstić information content (AvgIpc) is 2.80. The van der Waals surface area contributed by atoms with Crippen LogP contribution in [-0.4, -0.2) is 16.7 Å². The van der Waals surface area contributed by atoms with Gasteiger partial charge in [-0.25, -0.2) is 0 Å². The van der Waals surface area contributed by atoms with Gasteiger partial charge >= 0.3 is 0 Å². The molecule has 2 heterocycles. The van der Waals surface area contributed by atoms with Gasteiger partial charge in [0.05, 0.1) is 18.2 Å². The Kier molecular flexibility index (Phi) is 4.40. The topological polar surface area (TPSA) is 74.3 Å². The highest BCUT2D eigenvalue weighted by atomic mass is 16.5. The highest BCUT2D eigenvalue weighted by molar-refractivity contribution is 5.88. The van der Waals surface area contributed by atoms with Crippen molar-refractivity contribution >= 4 is 22.1 Å². The smallest absolute Gasteiger partial charge is 0.273 e. The van der Waals surface area contributed by atoms with Crippen LogP contribution in [-0.2, 0) is 0 Å². The Hall–Kier alpha value is -4.19. The minimum atomic E-state index is -0.473. The molecule has 2 aromatic heterocycles. The molecular weight excluding hydrogens is 392 g/mol. The third-order valence-electron chi connectivity index (χ3n) is 5.26. The molecule has 0 atom stereocenters. The molecule has 0 amide bonds. The average molecular weight is 410 g/mol. The van der Waals surface area contributed by atoms with Gasteiger partial charge in [-0.15, -0.1) is 0 Å². The van der Waals surface area contributed by atoms with E-state index >= 15 is 0 Å². The predicted molar refractivity (Wildman–Crippen MR) is 120 cm³/mol. The number of methoxy groups -OCH3 is 1. The first-order chi connectivity index (χ1) is 15.1. The lowest BCUT2D eigenvalue weighted by Gasteiger charge is -2.14. The second-order valence-electron chi connectivity index (χ2n) is 7.25. The van der Waals surface area contributed by atoms with Crippen LogP contribution < -0.4 is 15.7 Å². The molecule has 0 aliphatic carbocycles. The van der Waals surface area contributed by atoms with Crippen molar-refractivity contribution in [2.24, 2.45) is 0 Å². The minimum absolute atomic E-state index is 0.0166. The molecule has 0 saturated heterocycles. The number of fused-ring (bicyclic) bond motifs is 2. The molecule has 31 heavy (non-hydrogen) atoms. The number of benzene rings is 3. The van der Waals surface area contributed by atoms with Gasteiger partial charge in [0.15, 0.2) is 11.2 Å². The third kappa shape index (κ3) is 3.09. The summed E-state index contributed by atoms with van der Waals surface area (Å²) in [5.41, 5.74) is 1.90. The van der Waals surface area contributed by atoms with E-state index in [4.69, 9.17) is 9.15 Å². The van der Waals surface area contributed by atoms with Gasteiger partial charge in [0.1, 0.15) is 11.3 Å². The van der Waals surface area contributed by atoms with Gasteiger partial charge < -0.3 is 9.15 Å². The number of hydrogen-bond acceptors (Lipinski definition) is 5. The molecule has 0 radical (unpaired) electrons. The molecule has 0 fully saturated rings. The van der Waals surface area contributed by atoms with Crippen molar-refractivity contribution < 1.29 is 9.15 Å². The SMILES string of the molecule is COc1ccc(-c2nc3oc4ccccc4c(=O)c3c(=O)n2-c2ccc(C)cc2)cc1. The molecule has 0 spiro atoms. The number of para-hydroxylation sites is 1. The van der Waals surface area contributed by atoms with Crippen LogP contribution in [0.5, 0.6) is 5.75 Å². The fourth-order valence-electron chi connectivity index (χ4n) is 3.62. The minimum Gasteiger partial charge on any atom is -0.497 e. The fourth-order valence-corrected chi connectivity index (χ4v) is 3.62. The number of nitrogens with zero attached hydrogens (tertiary/aromatic N) is 2. The van der Waals surface area contributed by atoms with E-state index in [1.807, 2.05) is 43.3 Å². The monoisotopic (exact) mass is 410 g/mol. The summed E-state index contributed by atoms with van der Waals surface area (Å²) < 4.78 is 12.6. The Balaban J connectivity index is 1.92. The van der Waals surface area contributed by atoms with Crippen LogP contribution in [0, 0.1) is 6.92 Å². The van der Waals surface area contributed by atoms with Crippen molar-refractivity contribution in [1.82, 2.24) is 9.55 Å². The predicted octanol–water partition coefficient (Wildman–Crippen LogP) is 4.48. The largest absolute Gasteiger partial charge is 0.497 e. The van der Waals surface area contributed by atoms with Gasteiger partial charge in [0.2, 0.25) is 11.1 Å². The van der Waals surface area contributed by atoms with E-state index in [-0.39, 0.29) is 11.1 Å². The summed E-state index contributed by atoms with van der Waals surface area (Å²) in [6.07, 6.45) is 0. The summed E-state index contributed by atoms with van der Waals surface area (Å²) in [4.78, 5) is 31.4. The molecule has 6 nitrogen and oxygen atoms in total. The second kappa shape index (κ2) is 7.25. The van der Waals surface area contributed by atoms with Gasteiger partial charge in [0.25, 0.3) is 5.56 Å². The molecule has 5 aromatic rings. The second-order valence-corrected chi connectivity index (χ2v) is 7.25. The van der Waals surface area contributed by atoms with Gasteiger partial charge in [-0.1, -0.05) is 29.8 Å². The van der Waals surface area contributed by atoms with E-state index in [1.165, 1.54) is 4.57 Å². The summed E-state index contributed by atoms with van der Waals surface area (Å²) in [6, 6.07) is 21.6.